The van der Waals surface area contributed by atoms with E-state index in [2.05, 4.69) is 15.9 Å². The Morgan fingerprint density at radius 3 is 2.59 bits per heavy atom. The molecule has 0 aliphatic carbocycles. The van der Waals surface area contributed by atoms with Gasteiger partial charge in [-0.1, -0.05) is 52.7 Å². The highest BCUT2D eigenvalue weighted by molar-refractivity contribution is 9.10. The number of rotatable bonds is 8. The van der Waals surface area contributed by atoms with Gasteiger partial charge in [0.25, 0.3) is 5.56 Å². The number of carbonyl (C=O) groups is 1. The van der Waals surface area contributed by atoms with Crippen molar-refractivity contribution in [3.63, 3.8) is 0 Å². The summed E-state index contributed by atoms with van der Waals surface area (Å²) in [6.45, 7) is 6.00. The molecule has 0 bridgehead atoms. The van der Waals surface area contributed by atoms with Gasteiger partial charge in [-0.15, -0.1) is 0 Å². The van der Waals surface area contributed by atoms with Gasteiger partial charge in [0.05, 0.1) is 36.6 Å². The molecule has 0 N–H and O–H groups in total. The Labute approximate surface area is 227 Å². The van der Waals surface area contributed by atoms with Gasteiger partial charge in [0.15, 0.2) is 4.80 Å². The van der Waals surface area contributed by atoms with Crippen LogP contribution in [0.3, 0.4) is 0 Å². The van der Waals surface area contributed by atoms with Gasteiger partial charge in [-0.25, -0.2) is 9.79 Å². The zero-order valence-corrected chi connectivity index (χ0v) is 23.9. The number of halogens is 1. The van der Waals surface area contributed by atoms with Gasteiger partial charge in [-0.05, 0) is 61.7 Å². The van der Waals surface area contributed by atoms with Crippen LogP contribution in [0, 0.1) is 6.92 Å². The lowest BCUT2D eigenvalue weighted by Gasteiger charge is -2.27. The number of hydrogen-bond donors (Lipinski definition) is 0. The zero-order chi connectivity index (χ0) is 26.7. The van der Waals surface area contributed by atoms with E-state index in [1.807, 2.05) is 38.1 Å². The second-order valence-corrected chi connectivity index (χ2v) is 10.4. The molecule has 0 unspecified atom stereocenters. The number of esters is 1. The third-order valence-electron chi connectivity index (χ3n) is 6.12. The third-order valence-corrected chi connectivity index (χ3v) is 7.95. The fraction of sp³-hybridized carbons (Fsp3) is 0.321. The minimum atomic E-state index is -0.784. The summed E-state index contributed by atoms with van der Waals surface area (Å²) in [4.78, 5) is 32.6. The number of aryl methyl sites for hydroxylation is 1. The Hall–Kier alpha value is -3.17. The average Bonchev–Trinajstić information content (AvgIpc) is 3.19. The van der Waals surface area contributed by atoms with Crippen molar-refractivity contribution in [1.29, 1.82) is 0 Å². The van der Waals surface area contributed by atoms with Crippen LogP contribution < -0.4 is 24.4 Å². The van der Waals surface area contributed by atoms with Crippen LogP contribution in [0.25, 0.3) is 6.08 Å². The van der Waals surface area contributed by atoms with E-state index in [0.29, 0.717) is 44.1 Å². The monoisotopic (exact) mass is 584 g/mol. The van der Waals surface area contributed by atoms with Crippen molar-refractivity contribution in [3.05, 3.63) is 88.5 Å². The number of hydrogen-bond acceptors (Lipinski definition) is 7. The van der Waals surface area contributed by atoms with Crippen LogP contribution in [-0.2, 0) is 9.53 Å². The SMILES string of the molecule is CCCC1=C(C(=O)OCC)[C@H](c2cc(OC)ccc2OC)n2c(s/c(=C\c3ccc(C)c(Br)c3)c2=O)=N1. The molecule has 7 nitrogen and oxygen atoms in total. The molecule has 1 atom stereocenters. The molecule has 0 amide bonds. The largest absolute Gasteiger partial charge is 0.497 e. The van der Waals surface area contributed by atoms with Crippen molar-refractivity contribution in [3.8, 4) is 11.5 Å². The fourth-order valence-electron chi connectivity index (χ4n) is 4.32. The number of methoxy groups -OCH3 is 2. The van der Waals surface area contributed by atoms with Crippen molar-refractivity contribution in [2.24, 2.45) is 4.99 Å². The van der Waals surface area contributed by atoms with Crippen LogP contribution in [0.2, 0.25) is 0 Å². The van der Waals surface area contributed by atoms with Crippen LogP contribution in [0.15, 0.2) is 61.9 Å². The number of ether oxygens (including phenoxy) is 3. The van der Waals surface area contributed by atoms with Gasteiger partial charge in [-0.3, -0.25) is 9.36 Å². The molecule has 0 saturated heterocycles. The molecule has 3 aromatic rings. The molecule has 0 saturated carbocycles. The van der Waals surface area contributed by atoms with E-state index in [-0.39, 0.29) is 12.2 Å². The molecule has 4 rings (SSSR count). The number of aromatic nitrogens is 1. The Morgan fingerprint density at radius 2 is 1.95 bits per heavy atom. The highest BCUT2D eigenvalue weighted by Gasteiger charge is 2.36. The van der Waals surface area contributed by atoms with Crippen LogP contribution in [0.5, 0.6) is 11.5 Å². The van der Waals surface area contributed by atoms with E-state index >= 15 is 0 Å². The van der Waals surface area contributed by atoms with E-state index in [0.717, 1.165) is 22.0 Å². The minimum absolute atomic E-state index is 0.205. The highest BCUT2D eigenvalue weighted by atomic mass is 79.9. The van der Waals surface area contributed by atoms with Crippen LogP contribution >= 0.6 is 27.3 Å². The van der Waals surface area contributed by atoms with Crippen LogP contribution in [0.4, 0.5) is 0 Å². The topological polar surface area (TPSA) is 79.1 Å². The molecular formula is C28H29BrN2O5S. The first-order valence-corrected chi connectivity index (χ1v) is 13.6. The molecule has 2 heterocycles. The Morgan fingerprint density at radius 1 is 1.16 bits per heavy atom. The summed E-state index contributed by atoms with van der Waals surface area (Å²) in [5.74, 6) is 0.614. The first-order valence-electron chi connectivity index (χ1n) is 12.0. The number of fused-ring (bicyclic) bond motifs is 1. The minimum Gasteiger partial charge on any atom is -0.497 e. The van der Waals surface area contributed by atoms with Crippen molar-refractivity contribution >= 4 is 39.3 Å². The first kappa shape index (κ1) is 26.9. The van der Waals surface area contributed by atoms with E-state index in [1.165, 1.54) is 11.3 Å². The lowest BCUT2D eigenvalue weighted by molar-refractivity contribution is -0.139. The number of thiazole rings is 1. The normalized spacial score (nSPS) is 15.3. The van der Waals surface area contributed by atoms with E-state index < -0.39 is 12.0 Å². The Kier molecular flexibility index (Phi) is 8.34. The predicted molar refractivity (Wildman–Crippen MR) is 148 cm³/mol. The summed E-state index contributed by atoms with van der Waals surface area (Å²) in [5.41, 5.74) is 3.32. The highest BCUT2D eigenvalue weighted by Crippen LogP contribution is 2.38. The average molecular weight is 586 g/mol. The number of carbonyl (C=O) groups excluding carboxylic acids is 1. The number of allylic oxidation sites excluding steroid dienone is 1. The Balaban J connectivity index is 2.05. The lowest BCUT2D eigenvalue weighted by atomic mass is 9.93. The van der Waals surface area contributed by atoms with Crippen molar-refractivity contribution in [1.82, 2.24) is 4.57 Å². The van der Waals surface area contributed by atoms with E-state index in [1.54, 1.807) is 43.9 Å². The third kappa shape index (κ3) is 5.29. The summed E-state index contributed by atoms with van der Waals surface area (Å²) < 4.78 is 19.7. The first-order chi connectivity index (χ1) is 17.8. The predicted octanol–water partition coefficient (Wildman–Crippen LogP) is 4.67. The summed E-state index contributed by atoms with van der Waals surface area (Å²) in [6.07, 6.45) is 3.18. The van der Waals surface area contributed by atoms with Crippen LogP contribution in [-0.4, -0.2) is 31.4 Å². The molecule has 2 aromatic carbocycles. The van der Waals surface area contributed by atoms with Crippen molar-refractivity contribution in [2.45, 2.75) is 39.7 Å². The van der Waals surface area contributed by atoms with Gasteiger partial charge in [0.2, 0.25) is 0 Å². The van der Waals surface area contributed by atoms with Crippen molar-refractivity contribution in [2.75, 3.05) is 20.8 Å². The van der Waals surface area contributed by atoms with Gasteiger partial charge in [0, 0.05) is 10.0 Å². The summed E-state index contributed by atoms with van der Waals surface area (Å²) >= 11 is 4.87. The van der Waals surface area contributed by atoms with E-state index in [4.69, 9.17) is 19.2 Å². The summed E-state index contributed by atoms with van der Waals surface area (Å²) in [7, 11) is 3.13. The smallest absolute Gasteiger partial charge is 0.338 e. The molecule has 9 heteroatoms. The molecular weight excluding hydrogens is 556 g/mol. The lowest BCUT2D eigenvalue weighted by Crippen LogP contribution is -2.40. The molecule has 1 aliphatic rings. The number of nitrogens with zero attached hydrogens (tertiary/aromatic N) is 2. The maximum atomic E-state index is 13.9. The molecule has 0 radical (unpaired) electrons. The molecule has 37 heavy (non-hydrogen) atoms. The standard InChI is InChI=1S/C28H29BrN2O5S/c1-6-8-21-24(27(33)36-7-2)25(19-15-18(34-4)11-12-22(19)35-5)31-26(32)23(37-28(31)30-21)14-17-10-9-16(3)20(29)13-17/h9-15,25H,6-8H2,1-5H3/b23-14-/t25-/m0/s1. The molecule has 1 aromatic heterocycles. The second-order valence-electron chi connectivity index (χ2n) is 8.53. The van der Waals surface area contributed by atoms with Gasteiger partial charge in [-0.2, -0.15) is 0 Å². The molecule has 1 aliphatic heterocycles. The van der Waals surface area contributed by atoms with Crippen molar-refractivity contribution < 1.29 is 19.0 Å². The van der Waals surface area contributed by atoms with Crippen LogP contribution in [0.1, 0.15) is 49.4 Å². The second kappa shape index (κ2) is 11.5. The number of benzene rings is 2. The fourth-order valence-corrected chi connectivity index (χ4v) is 5.73. The Bertz CT molecular complexity index is 1550. The summed E-state index contributed by atoms with van der Waals surface area (Å²) in [6, 6.07) is 10.5. The maximum absolute atomic E-state index is 13.9. The van der Waals surface area contributed by atoms with Gasteiger partial charge < -0.3 is 14.2 Å². The molecule has 0 spiro atoms. The molecule has 194 valence electrons. The van der Waals surface area contributed by atoms with Gasteiger partial charge in [0.1, 0.15) is 17.5 Å². The quantitative estimate of drug-likeness (QED) is 0.360. The zero-order valence-electron chi connectivity index (χ0n) is 21.5. The summed E-state index contributed by atoms with van der Waals surface area (Å²) in [5, 5.41) is 0. The molecule has 0 fully saturated rings. The van der Waals surface area contributed by atoms with E-state index in [9.17, 15) is 9.59 Å². The van der Waals surface area contributed by atoms with Gasteiger partial charge >= 0.3 is 5.97 Å². The maximum Gasteiger partial charge on any atom is 0.338 e.